The number of amides is 1. The summed E-state index contributed by atoms with van der Waals surface area (Å²) in [4.78, 5) is 17.6. The van der Waals surface area contributed by atoms with E-state index < -0.39 is 0 Å². The molecular weight excluding hydrogens is 334 g/mol. The molecule has 0 aliphatic rings. The summed E-state index contributed by atoms with van der Waals surface area (Å²) < 4.78 is 2.03. The third-order valence-electron chi connectivity index (χ3n) is 4.99. The zero-order chi connectivity index (χ0) is 19.6. The van der Waals surface area contributed by atoms with Crippen molar-refractivity contribution in [3.05, 3.63) is 59.4 Å². The fourth-order valence-electron chi connectivity index (χ4n) is 3.59. The summed E-state index contributed by atoms with van der Waals surface area (Å²) in [5.74, 6) is 1.62. The maximum Gasteiger partial charge on any atom is 0.244 e. The van der Waals surface area contributed by atoms with Gasteiger partial charge in [0, 0.05) is 12.1 Å². The summed E-state index contributed by atoms with van der Waals surface area (Å²) in [5.41, 5.74) is 5.27. The summed E-state index contributed by atoms with van der Waals surface area (Å²) in [7, 11) is 0. The molecule has 0 saturated carbocycles. The van der Waals surface area contributed by atoms with Crippen LogP contribution in [0.15, 0.2) is 42.5 Å². The van der Waals surface area contributed by atoms with Crippen LogP contribution in [0.1, 0.15) is 63.4 Å². The molecule has 0 radical (unpaired) electrons. The first-order valence-corrected chi connectivity index (χ1v) is 9.79. The Morgan fingerprint density at radius 2 is 1.63 bits per heavy atom. The van der Waals surface area contributed by atoms with Crippen LogP contribution in [-0.2, 0) is 17.8 Å². The molecule has 1 amide bonds. The van der Waals surface area contributed by atoms with Crippen molar-refractivity contribution in [3.8, 4) is 0 Å². The maximum atomic E-state index is 13.0. The zero-order valence-electron chi connectivity index (χ0n) is 16.9. The van der Waals surface area contributed by atoms with Crippen LogP contribution < -0.4 is 5.32 Å². The smallest absolute Gasteiger partial charge is 0.244 e. The molecule has 4 nitrogen and oxygen atoms in total. The Morgan fingerprint density at radius 1 is 1.00 bits per heavy atom. The predicted octanol–water partition coefficient (Wildman–Crippen LogP) is 5.48. The van der Waals surface area contributed by atoms with Gasteiger partial charge in [0.2, 0.25) is 5.91 Å². The zero-order valence-corrected chi connectivity index (χ0v) is 16.9. The Hall–Kier alpha value is -2.62. The minimum absolute atomic E-state index is 0.0112. The van der Waals surface area contributed by atoms with Gasteiger partial charge in [-0.05, 0) is 35.1 Å². The number of hydrogen-bond donors (Lipinski definition) is 1. The van der Waals surface area contributed by atoms with Crippen LogP contribution >= 0.6 is 0 Å². The number of rotatable bonds is 6. The average Bonchev–Trinajstić information content (AvgIpc) is 2.99. The lowest BCUT2D eigenvalue weighted by molar-refractivity contribution is -0.116. The van der Waals surface area contributed by atoms with Gasteiger partial charge in [-0.15, -0.1) is 0 Å². The third-order valence-corrected chi connectivity index (χ3v) is 4.99. The lowest BCUT2D eigenvalue weighted by Gasteiger charge is -2.20. The van der Waals surface area contributed by atoms with Crippen LogP contribution in [0.25, 0.3) is 11.0 Å². The van der Waals surface area contributed by atoms with Crippen LogP contribution in [0.4, 0.5) is 5.69 Å². The first-order valence-electron chi connectivity index (χ1n) is 9.79. The fraction of sp³-hybridized carbons (Fsp3) is 0.391. The second-order valence-electron chi connectivity index (χ2n) is 7.63. The van der Waals surface area contributed by atoms with Crippen molar-refractivity contribution in [1.29, 1.82) is 0 Å². The average molecular weight is 364 g/mol. The maximum absolute atomic E-state index is 13.0. The summed E-state index contributed by atoms with van der Waals surface area (Å²) >= 11 is 0. The molecule has 0 unspecified atom stereocenters. The molecule has 4 heteroatoms. The highest BCUT2D eigenvalue weighted by Crippen LogP contribution is 2.32. The Kier molecular flexibility index (Phi) is 5.64. The van der Waals surface area contributed by atoms with Crippen LogP contribution in [0, 0.1) is 0 Å². The van der Waals surface area contributed by atoms with E-state index in [9.17, 15) is 4.79 Å². The summed E-state index contributed by atoms with van der Waals surface area (Å²) in [6.07, 6.45) is 0.793. The first kappa shape index (κ1) is 19.2. The molecule has 0 bridgehead atoms. The quantitative estimate of drug-likeness (QED) is 0.630. The normalized spacial score (nSPS) is 11.5. The molecular formula is C23H29N3O. The molecule has 0 saturated heterocycles. The number of hydrogen-bond acceptors (Lipinski definition) is 2. The van der Waals surface area contributed by atoms with Gasteiger partial charge in [-0.1, -0.05) is 65.0 Å². The molecule has 27 heavy (non-hydrogen) atoms. The molecule has 1 aromatic heterocycles. The second-order valence-corrected chi connectivity index (χ2v) is 7.63. The first-order chi connectivity index (χ1) is 12.9. The topological polar surface area (TPSA) is 46.9 Å². The number of nitrogens with one attached hydrogen (secondary N) is 1. The van der Waals surface area contributed by atoms with Gasteiger partial charge >= 0.3 is 0 Å². The molecule has 0 spiro atoms. The van der Waals surface area contributed by atoms with E-state index in [4.69, 9.17) is 0 Å². The number of imidazole rings is 1. The standard InChI is InChI=1S/C23H29N3O/c1-6-21-24-19-12-7-8-13-20(19)26(21)14-22(27)25-23-17(15(2)3)10-9-11-18(23)16(4)5/h7-13,15-16H,6,14H2,1-5H3,(H,25,27). The van der Waals surface area contributed by atoms with Crippen molar-refractivity contribution < 1.29 is 4.79 Å². The number of anilines is 1. The summed E-state index contributed by atoms with van der Waals surface area (Å²) in [6.45, 7) is 11.0. The Bertz CT molecular complexity index is 927. The van der Waals surface area contributed by atoms with Gasteiger partial charge in [-0.25, -0.2) is 4.98 Å². The number of nitrogens with zero attached hydrogens (tertiary/aromatic N) is 2. The Morgan fingerprint density at radius 3 is 2.22 bits per heavy atom. The molecule has 0 aliphatic heterocycles. The molecule has 2 aromatic carbocycles. The van der Waals surface area contributed by atoms with Crippen molar-refractivity contribution in [2.45, 2.75) is 59.4 Å². The van der Waals surface area contributed by atoms with E-state index in [0.29, 0.717) is 11.8 Å². The van der Waals surface area contributed by atoms with Crippen molar-refractivity contribution in [2.75, 3.05) is 5.32 Å². The molecule has 0 aliphatic carbocycles. The monoisotopic (exact) mass is 363 g/mol. The van der Waals surface area contributed by atoms with Crippen LogP contribution in [0.3, 0.4) is 0 Å². The van der Waals surface area contributed by atoms with E-state index in [1.165, 1.54) is 11.1 Å². The van der Waals surface area contributed by atoms with Gasteiger partial charge in [0.15, 0.2) is 0 Å². The van der Waals surface area contributed by atoms with Gasteiger partial charge in [0.1, 0.15) is 12.4 Å². The summed E-state index contributed by atoms with van der Waals surface area (Å²) in [5, 5.41) is 3.21. The highest BCUT2D eigenvalue weighted by atomic mass is 16.1. The molecule has 1 N–H and O–H groups in total. The molecule has 3 rings (SSSR count). The highest BCUT2D eigenvalue weighted by Gasteiger charge is 2.18. The lowest BCUT2D eigenvalue weighted by atomic mass is 9.92. The number of aromatic nitrogens is 2. The fourth-order valence-corrected chi connectivity index (χ4v) is 3.59. The van der Waals surface area contributed by atoms with Gasteiger partial charge in [0.05, 0.1) is 11.0 Å². The number of fused-ring (bicyclic) bond motifs is 1. The van der Waals surface area contributed by atoms with E-state index >= 15 is 0 Å². The van der Waals surface area contributed by atoms with E-state index in [1.807, 2.05) is 28.8 Å². The Balaban J connectivity index is 1.94. The lowest BCUT2D eigenvalue weighted by Crippen LogP contribution is -2.22. The van der Waals surface area contributed by atoms with Gasteiger partial charge in [-0.2, -0.15) is 0 Å². The molecule has 0 atom stereocenters. The van der Waals surface area contributed by atoms with Gasteiger partial charge in [-0.3, -0.25) is 4.79 Å². The molecule has 142 valence electrons. The van der Waals surface area contributed by atoms with E-state index in [2.05, 4.69) is 63.1 Å². The van der Waals surface area contributed by atoms with E-state index in [0.717, 1.165) is 29.0 Å². The largest absolute Gasteiger partial charge is 0.324 e. The molecule has 3 aromatic rings. The van der Waals surface area contributed by atoms with Gasteiger partial charge in [0.25, 0.3) is 0 Å². The number of carbonyl (C=O) groups excluding carboxylic acids is 1. The summed E-state index contributed by atoms with van der Waals surface area (Å²) in [6, 6.07) is 14.3. The Labute approximate surface area is 161 Å². The minimum atomic E-state index is -0.0112. The van der Waals surface area contributed by atoms with E-state index in [1.54, 1.807) is 0 Å². The highest BCUT2D eigenvalue weighted by molar-refractivity contribution is 5.93. The van der Waals surface area contributed by atoms with Crippen LogP contribution in [0.2, 0.25) is 0 Å². The second kappa shape index (κ2) is 7.95. The minimum Gasteiger partial charge on any atom is -0.324 e. The number of aryl methyl sites for hydroxylation is 1. The number of benzene rings is 2. The van der Waals surface area contributed by atoms with Crippen molar-refractivity contribution in [2.24, 2.45) is 0 Å². The number of carbonyl (C=O) groups is 1. The van der Waals surface area contributed by atoms with E-state index in [-0.39, 0.29) is 12.5 Å². The molecule has 0 fully saturated rings. The van der Waals surface area contributed by atoms with Crippen molar-refractivity contribution in [3.63, 3.8) is 0 Å². The SMILES string of the molecule is CCc1nc2ccccc2n1CC(=O)Nc1c(C(C)C)cccc1C(C)C. The predicted molar refractivity (Wildman–Crippen MR) is 112 cm³/mol. The number of para-hydroxylation sites is 3. The van der Waals surface area contributed by atoms with Gasteiger partial charge < -0.3 is 9.88 Å². The van der Waals surface area contributed by atoms with Crippen LogP contribution in [-0.4, -0.2) is 15.5 Å². The third kappa shape index (κ3) is 3.90. The van der Waals surface area contributed by atoms with Crippen molar-refractivity contribution >= 4 is 22.6 Å². The van der Waals surface area contributed by atoms with Crippen molar-refractivity contribution in [1.82, 2.24) is 9.55 Å². The van der Waals surface area contributed by atoms with Crippen LogP contribution in [0.5, 0.6) is 0 Å². The molecule has 1 heterocycles.